The van der Waals surface area contributed by atoms with Crippen molar-refractivity contribution in [2.75, 3.05) is 5.32 Å². The molecule has 0 aliphatic rings. The molecule has 6 nitrogen and oxygen atoms in total. The Balaban J connectivity index is 1.64. The van der Waals surface area contributed by atoms with Gasteiger partial charge in [0.2, 0.25) is 0 Å². The van der Waals surface area contributed by atoms with Crippen molar-refractivity contribution in [3.63, 3.8) is 0 Å². The highest BCUT2D eigenvalue weighted by Crippen LogP contribution is 2.22. The number of rotatable bonds is 5. The normalized spacial score (nSPS) is 10.1. The molecule has 6 heteroatoms. The van der Waals surface area contributed by atoms with Gasteiger partial charge in [-0.05, 0) is 48.5 Å². The molecule has 0 bridgehead atoms. The average Bonchev–Trinajstić information content (AvgIpc) is 2.64. The smallest absolute Gasteiger partial charge is 0.267 e. The molecule has 1 aromatic heterocycles. The molecule has 0 saturated heterocycles. The van der Waals surface area contributed by atoms with E-state index in [0.29, 0.717) is 17.0 Å². The van der Waals surface area contributed by atoms with E-state index in [2.05, 4.69) is 10.3 Å². The summed E-state index contributed by atoms with van der Waals surface area (Å²) in [6.07, 6.45) is 1.31. The monoisotopic (exact) mass is 333 g/mol. The molecule has 0 unspecified atom stereocenters. The lowest BCUT2D eigenvalue weighted by Crippen LogP contribution is -2.15. The molecule has 2 aromatic carbocycles. The zero-order valence-corrected chi connectivity index (χ0v) is 13.2. The van der Waals surface area contributed by atoms with Gasteiger partial charge in [0, 0.05) is 11.9 Å². The second-order valence-electron chi connectivity index (χ2n) is 5.19. The quantitative estimate of drug-likeness (QED) is 0.749. The van der Waals surface area contributed by atoms with E-state index in [9.17, 15) is 9.59 Å². The molecular formula is C19H15N3O3. The van der Waals surface area contributed by atoms with Gasteiger partial charge in [-0.1, -0.05) is 18.2 Å². The third kappa shape index (κ3) is 4.20. The molecule has 0 aliphatic carbocycles. The van der Waals surface area contributed by atoms with Gasteiger partial charge in [0.15, 0.2) is 0 Å². The van der Waals surface area contributed by atoms with Crippen LogP contribution in [0.15, 0.2) is 72.9 Å². The fraction of sp³-hybridized carbons (Fsp3) is 0. The molecular weight excluding hydrogens is 318 g/mol. The first kappa shape index (κ1) is 16.2. The predicted molar refractivity (Wildman–Crippen MR) is 93.7 cm³/mol. The Morgan fingerprint density at radius 3 is 2.16 bits per heavy atom. The van der Waals surface area contributed by atoms with Crippen LogP contribution in [0.5, 0.6) is 11.5 Å². The number of hydrogen-bond acceptors (Lipinski definition) is 4. The highest BCUT2D eigenvalue weighted by molar-refractivity contribution is 6.04. The summed E-state index contributed by atoms with van der Waals surface area (Å²) in [5.41, 5.74) is 6.17. The Hall–Kier alpha value is -3.67. The van der Waals surface area contributed by atoms with E-state index in [-0.39, 0.29) is 11.6 Å². The van der Waals surface area contributed by atoms with Gasteiger partial charge in [0.05, 0.1) is 5.56 Å². The van der Waals surface area contributed by atoms with Crippen LogP contribution < -0.4 is 15.8 Å². The van der Waals surface area contributed by atoms with Crippen molar-refractivity contribution in [1.29, 1.82) is 0 Å². The van der Waals surface area contributed by atoms with Gasteiger partial charge in [-0.15, -0.1) is 0 Å². The van der Waals surface area contributed by atoms with Crippen LogP contribution in [0.3, 0.4) is 0 Å². The summed E-state index contributed by atoms with van der Waals surface area (Å²) in [6, 6.07) is 19.3. The van der Waals surface area contributed by atoms with Crippen LogP contribution in [0.25, 0.3) is 0 Å². The Morgan fingerprint density at radius 1 is 0.880 bits per heavy atom. The summed E-state index contributed by atoms with van der Waals surface area (Å²) in [5.74, 6) is 0.429. The SMILES string of the molecule is NC(=O)c1ccc(C(=O)Nc2ccc(Oc3ccccc3)cc2)cn1. The maximum Gasteiger partial charge on any atom is 0.267 e. The lowest BCUT2D eigenvalue weighted by molar-refractivity contribution is 0.0990. The third-order valence-electron chi connectivity index (χ3n) is 3.37. The number of ether oxygens (including phenoxy) is 1. The first-order valence-corrected chi connectivity index (χ1v) is 7.52. The molecule has 124 valence electrons. The van der Waals surface area contributed by atoms with Crippen LogP contribution in [0.4, 0.5) is 5.69 Å². The molecule has 0 atom stereocenters. The van der Waals surface area contributed by atoms with Crippen LogP contribution in [0, 0.1) is 0 Å². The number of primary amides is 1. The minimum atomic E-state index is -0.638. The summed E-state index contributed by atoms with van der Waals surface area (Å²) in [5, 5.41) is 2.75. The fourth-order valence-corrected chi connectivity index (χ4v) is 2.11. The van der Waals surface area contributed by atoms with Crippen molar-refractivity contribution in [2.45, 2.75) is 0 Å². The van der Waals surface area contributed by atoms with Crippen molar-refractivity contribution in [1.82, 2.24) is 4.98 Å². The number of anilines is 1. The molecule has 3 aromatic rings. The van der Waals surface area contributed by atoms with Crippen molar-refractivity contribution in [2.24, 2.45) is 5.73 Å². The largest absolute Gasteiger partial charge is 0.457 e. The number of carbonyl (C=O) groups is 2. The topological polar surface area (TPSA) is 94.3 Å². The van der Waals surface area contributed by atoms with E-state index in [1.54, 1.807) is 24.3 Å². The molecule has 0 fully saturated rings. The first-order chi connectivity index (χ1) is 12.1. The van der Waals surface area contributed by atoms with Crippen LogP contribution in [0.2, 0.25) is 0 Å². The number of amides is 2. The summed E-state index contributed by atoms with van der Waals surface area (Å²) in [4.78, 5) is 27.0. The molecule has 0 saturated carbocycles. The van der Waals surface area contributed by atoms with E-state index in [0.717, 1.165) is 5.75 Å². The van der Waals surface area contributed by atoms with Crippen LogP contribution in [-0.4, -0.2) is 16.8 Å². The molecule has 2 amide bonds. The van der Waals surface area contributed by atoms with E-state index >= 15 is 0 Å². The van der Waals surface area contributed by atoms with Crippen LogP contribution >= 0.6 is 0 Å². The first-order valence-electron chi connectivity index (χ1n) is 7.52. The zero-order valence-electron chi connectivity index (χ0n) is 13.2. The molecule has 3 N–H and O–H groups in total. The van der Waals surface area contributed by atoms with Gasteiger partial charge in [-0.2, -0.15) is 0 Å². The second-order valence-corrected chi connectivity index (χ2v) is 5.19. The number of nitrogens with one attached hydrogen (secondary N) is 1. The van der Waals surface area contributed by atoms with Crippen molar-refractivity contribution >= 4 is 17.5 Å². The predicted octanol–water partition coefficient (Wildman–Crippen LogP) is 3.23. The fourth-order valence-electron chi connectivity index (χ4n) is 2.11. The number of aromatic nitrogens is 1. The van der Waals surface area contributed by atoms with E-state index < -0.39 is 5.91 Å². The van der Waals surface area contributed by atoms with Gasteiger partial charge in [-0.3, -0.25) is 14.6 Å². The van der Waals surface area contributed by atoms with Crippen molar-refractivity contribution in [3.05, 3.63) is 84.2 Å². The maximum atomic E-state index is 12.2. The number of nitrogens with zero attached hydrogens (tertiary/aromatic N) is 1. The standard InChI is InChI=1S/C19H15N3O3/c20-18(23)17-11-6-13(12-21-17)19(24)22-14-7-9-16(10-8-14)25-15-4-2-1-3-5-15/h1-12H,(H2,20,23)(H,22,24). The van der Waals surface area contributed by atoms with Crippen LogP contribution in [0.1, 0.15) is 20.8 Å². The molecule has 0 spiro atoms. The average molecular weight is 333 g/mol. The summed E-state index contributed by atoms with van der Waals surface area (Å²) in [7, 11) is 0. The summed E-state index contributed by atoms with van der Waals surface area (Å²) >= 11 is 0. The number of benzene rings is 2. The highest BCUT2D eigenvalue weighted by Gasteiger charge is 2.09. The third-order valence-corrected chi connectivity index (χ3v) is 3.37. The van der Waals surface area contributed by atoms with Crippen LogP contribution in [-0.2, 0) is 0 Å². The van der Waals surface area contributed by atoms with Crippen molar-refractivity contribution < 1.29 is 14.3 Å². The van der Waals surface area contributed by atoms with Gasteiger partial charge in [-0.25, -0.2) is 0 Å². The van der Waals surface area contributed by atoms with Gasteiger partial charge >= 0.3 is 0 Å². The lowest BCUT2D eigenvalue weighted by atomic mass is 10.2. The Kier molecular flexibility index (Phi) is 4.71. The number of hydrogen-bond donors (Lipinski definition) is 2. The van der Waals surface area contributed by atoms with Gasteiger partial charge < -0.3 is 15.8 Å². The summed E-state index contributed by atoms with van der Waals surface area (Å²) < 4.78 is 5.69. The minimum absolute atomic E-state index is 0.110. The number of nitrogens with two attached hydrogens (primary N) is 1. The molecule has 1 heterocycles. The van der Waals surface area contributed by atoms with E-state index in [1.807, 2.05) is 30.3 Å². The molecule has 0 radical (unpaired) electrons. The maximum absolute atomic E-state index is 12.2. The molecule has 0 aliphatic heterocycles. The Labute approximate surface area is 144 Å². The van der Waals surface area contributed by atoms with E-state index in [4.69, 9.17) is 10.5 Å². The number of para-hydroxylation sites is 1. The molecule has 25 heavy (non-hydrogen) atoms. The lowest BCUT2D eigenvalue weighted by Gasteiger charge is -2.08. The second kappa shape index (κ2) is 7.27. The Bertz CT molecular complexity index is 876. The highest BCUT2D eigenvalue weighted by atomic mass is 16.5. The van der Waals surface area contributed by atoms with Gasteiger partial charge in [0.1, 0.15) is 17.2 Å². The van der Waals surface area contributed by atoms with E-state index in [1.165, 1.54) is 18.3 Å². The number of carbonyl (C=O) groups excluding carboxylic acids is 2. The van der Waals surface area contributed by atoms with Gasteiger partial charge in [0.25, 0.3) is 11.8 Å². The zero-order chi connectivity index (χ0) is 17.6. The minimum Gasteiger partial charge on any atom is -0.457 e. The molecule has 3 rings (SSSR count). The van der Waals surface area contributed by atoms with Crippen molar-refractivity contribution in [3.8, 4) is 11.5 Å². The Morgan fingerprint density at radius 2 is 1.56 bits per heavy atom. The number of pyridine rings is 1. The summed E-state index contributed by atoms with van der Waals surface area (Å²) in [6.45, 7) is 0.